The molecule has 0 unspecified atom stereocenters. The van der Waals surface area contributed by atoms with E-state index < -0.39 is 24.1 Å². The van der Waals surface area contributed by atoms with E-state index in [0.29, 0.717) is 12.8 Å². The summed E-state index contributed by atoms with van der Waals surface area (Å²) in [5.74, 6) is -0.932. The molecule has 0 saturated heterocycles. The van der Waals surface area contributed by atoms with Gasteiger partial charge in [0.15, 0.2) is 0 Å². The van der Waals surface area contributed by atoms with Gasteiger partial charge in [-0.15, -0.1) is 0 Å². The highest BCUT2D eigenvalue weighted by Gasteiger charge is 2.47. The summed E-state index contributed by atoms with van der Waals surface area (Å²) in [5, 5.41) is 8.73. The number of rotatable bonds is 6. The average molecular weight is 253 g/mol. The number of carbonyl (C=O) groups is 1. The summed E-state index contributed by atoms with van der Waals surface area (Å²) >= 11 is 0. The lowest BCUT2D eigenvalue weighted by Crippen LogP contribution is -2.42. The van der Waals surface area contributed by atoms with E-state index in [0.717, 1.165) is 0 Å². The van der Waals surface area contributed by atoms with Gasteiger partial charge >= 0.3 is 12.1 Å². The molecule has 1 fully saturated rings. The van der Waals surface area contributed by atoms with E-state index in [2.05, 4.69) is 0 Å². The molecule has 0 spiro atoms. The maximum atomic E-state index is 12.4. The molecule has 0 aliphatic heterocycles. The van der Waals surface area contributed by atoms with Crippen LogP contribution in [0.1, 0.15) is 33.1 Å². The summed E-state index contributed by atoms with van der Waals surface area (Å²) in [6.45, 7) is 2.65. The fourth-order valence-electron chi connectivity index (χ4n) is 1.97. The van der Waals surface area contributed by atoms with Crippen molar-refractivity contribution >= 4 is 5.97 Å². The minimum atomic E-state index is -4.23. The fourth-order valence-corrected chi connectivity index (χ4v) is 1.97. The first-order valence-electron chi connectivity index (χ1n) is 5.66. The zero-order valence-corrected chi connectivity index (χ0v) is 10.0. The highest BCUT2D eigenvalue weighted by Crippen LogP contribution is 2.49. The standard InChI is InChI=1S/C11H18F3NO2/c1-8(2)15(7-11(12,13)14)6-10(3-4-10)5-9(16)17/h8H,3-7H2,1-2H3,(H,16,17). The maximum absolute atomic E-state index is 12.4. The van der Waals surface area contributed by atoms with Crippen LogP contribution in [-0.4, -0.2) is 41.3 Å². The maximum Gasteiger partial charge on any atom is 0.401 e. The van der Waals surface area contributed by atoms with Crippen molar-refractivity contribution in [2.75, 3.05) is 13.1 Å². The van der Waals surface area contributed by atoms with E-state index >= 15 is 0 Å². The quantitative estimate of drug-likeness (QED) is 0.790. The van der Waals surface area contributed by atoms with Gasteiger partial charge < -0.3 is 5.11 Å². The number of aliphatic carboxylic acids is 1. The summed E-state index contributed by atoms with van der Waals surface area (Å²) < 4.78 is 37.1. The number of nitrogens with zero attached hydrogens (tertiary/aromatic N) is 1. The predicted octanol–water partition coefficient (Wildman–Crippen LogP) is 2.51. The van der Waals surface area contributed by atoms with Crippen molar-refractivity contribution in [3.8, 4) is 0 Å². The van der Waals surface area contributed by atoms with Gasteiger partial charge in [0.2, 0.25) is 0 Å². The van der Waals surface area contributed by atoms with Crippen molar-refractivity contribution in [2.24, 2.45) is 5.41 Å². The average Bonchev–Trinajstić information content (AvgIpc) is 2.79. The second-order valence-electron chi connectivity index (χ2n) is 5.18. The molecule has 6 heteroatoms. The van der Waals surface area contributed by atoms with Crippen molar-refractivity contribution < 1.29 is 23.1 Å². The zero-order chi connectivity index (χ0) is 13.3. The lowest BCUT2D eigenvalue weighted by molar-refractivity contribution is -0.152. The van der Waals surface area contributed by atoms with Crippen LogP contribution in [-0.2, 0) is 4.79 Å². The van der Waals surface area contributed by atoms with Crippen LogP contribution in [0.5, 0.6) is 0 Å². The molecular weight excluding hydrogens is 235 g/mol. The van der Waals surface area contributed by atoms with Crippen LogP contribution in [0.15, 0.2) is 0 Å². The Kier molecular flexibility index (Phi) is 4.06. The van der Waals surface area contributed by atoms with Crippen LogP contribution >= 0.6 is 0 Å². The van der Waals surface area contributed by atoms with Crippen LogP contribution in [0.2, 0.25) is 0 Å². The molecule has 1 rings (SSSR count). The fraction of sp³-hybridized carbons (Fsp3) is 0.909. The third kappa shape index (κ3) is 4.93. The van der Waals surface area contributed by atoms with Crippen LogP contribution < -0.4 is 0 Å². The van der Waals surface area contributed by atoms with Crippen LogP contribution in [0.4, 0.5) is 13.2 Å². The Bertz CT molecular complexity index is 285. The van der Waals surface area contributed by atoms with Crippen molar-refractivity contribution in [3.63, 3.8) is 0 Å². The molecule has 0 radical (unpaired) electrons. The van der Waals surface area contributed by atoms with Gasteiger partial charge in [-0.25, -0.2) is 0 Å². The van der Waals surface area contributed by atoms with E-state index in [-0.39, 0.29) is 19.0 Å². The van der Waals surface area contributed by atoms with Crippen LogP contribution in [0.3, 0.4) is 0 Å². The monoisotopic (exact) mass is 253 g/mol. The molecule has 1 saturated carbocycles. The summed E-state index contributed by atoms with van der Waals surface area (Å²) in [5.41, 5.74) is -0.429. The predicted molar refractivity (Wildman–Crippen MR) is 56.7 cm³/mol. The molecule has 0 bridgehead atoms. The third-order valence-corrected chi connectivity index (χ3v) is 3.13. The smallest absolute Gasteiger partial charge is 0.401 e. The Balaban J connectivity index is 2.58. The molecule has 1 aliphatic rings. The summed E-state index contributed by atoms with van der Waals surface area (Å²) in [6.07, 6.45) is -2.85. The first-order chi connectivity index (χ1) is 7.64. The van der Waals surface area contributed by atoms with Gasteiger partial charge in [0.25, 0.3) is 0 Å². The molecule has 0 amide bonds. The molecule has 17 heavy (non-hydrogen) atoms. The molecule has 1 aliphatic carbocycles. The molecule has 0 aromatic carbocycles. The summed E-state index contributed by atoms with van der Waals surface area (Å²) in [6, 6.07) is -0.233. The topological polar surface area (TPSA) is 40.5 Å². The normalized spacial score (nSPS) is 18.8. The van der Waals surface area contributed by atoms with Gasteiger partial charge in [0.05, 0.1) is 13.0 Å². The minimum Gasteiger partial charge on any atom is -0.481 e. The highest BCUT2D eigenvalue weighted by molar-refractivity contribution is 5.68. The zero-order valence-electron chi connectivity index (χ0n) is 10.0. The van der Waals surface area contributed by atoms with E-state index in [9.17, 15) is 18.0 Å². The number of hydrogen-bond acceptors (Lipinski definition) is 2. The SMILES string of the molecule is CC(C)N(CC(F)(F)F)CC1(CC(=O)O)CC1. The summed E-state index contributed by atoms with van der Waals surface area (Å²) in [7, 11) is 0. The number of carboxylic acids is 1. The molecule has 1 N–H and O–H groups in total. The van der Waals surface area contributed by atoms with Crippen molar-refractivity contribution in [1.29, 1.82) is 0 Å². The number of carboxylic acid groups (broad SMARTS) is 1. The Hall–Kier alpha value is -0.780. The lowest BCUT2D eigenvalue weighted by atomic mass is 10.0. The van der Waals surface area contributed by atoms with Gasteiger partial charge in [-0.1, -0.05) is 0 Å². The first kappa shape index (κ1) is 14.3. The molecule has 0 aromatic heterocycles. The van der Waals surface area contributed by atoms with E-state index in [1.807, 2.05) is 0 Å². The van der Waals surface area contributed by atoms with Gasteiger partial charge in [0, 0.05) is 12.6 Å². The third-order valence-electron chi connectivity index (χ3n) is 3.13. The van der Waals surface area contributed by atoms with Crippen molar-refractivity contribution in [3.05, 3.63) is 0 Å². The van der Waals surface area contributed by atoms with Gasteiger partial charge in [-0.3, -0.25) is 9.69 Å². The Morgan fingerprint density at radius 2 is 1.94 bits per heavy atom. The van der Waals surface area contributed by atoms with Gasteiger partial charge in [0.1, 0.15) is 0 Å². The van der Waals surface area contributed by atoms with Crippen molar-refractivity contribution in [1.82, 2.24) is 4.90 Å². The van der Waals surface area contributed by atoms with E-state index in [4.69, 9.17) is 5.11 Å². The van der Waals surface area contributed by atoms with Crippen molar-refractivity contribution in [2.45, 2.75) is 45.3 Å². The van der Waals surface area contributed by atoms with Crippen LogP contribution in [0, 0.1) is 5.41 Å². The second kappa shape index (κ2) is 4.84. The molecule has 3 nitrogen and oxygen atoms in total. The first-order valence-corrected chi connectivity index (χ1v) is 5.66. The van der Waals surface area contributed by atoms with E-state index in [1.165, 1.54) is 4.90 Å². The molecule has 0 aromatic rings. The minimum absolute atomic E-state index is 0.0337. The molecule has 100 valence electrons. The van der Waals surface area contributed by atoms with E-state index in [1.54, 1.807) is 13.8 Å². The molecule has 0 atom stereocenters. The van der Waals surface area contributed by atoms with Gasteiger partial charge in [-0.2, -0.15) is 13.2 Å². The van der Waals surface area contributed by atoms with Gasteiger partial charge in [-0.05, 0) is 32.1 Å². The molecular formula is C11H18F3NO2. The highest BCUT2D eigenvalue weighted by atomic mass is 19.4. The van der Waals surface area contributed by atoms with Crippen LogP contribution in [0.25, 0.3) is 0 Å². The number of hydrogen-bond donors (Lipinski definition) is 1. The number of halogens is 3. The second-order valence-corrected chi connectivity index (χ2v) is 5.18. The summed E-state index contributed by atoms with van der Waals surface area (Å²) in [4.78, 5) is 12.0. The Morgan fingerprint density at radius 1 is 1.41 bits per heavy atom. The Labute approximate surface area is 98.6 Å². The number of alkyl halides is 3. The lowest BCUT2D eigenvalue weighted by Gasteiger charge is -2.30. The largest absolute Gasteiger partial charge is 0.481 e. The Morgan fingerprint density at radius 3 is 2.24 bits per heavy atom. The molecule has 0 heterocycles.